The molecule has 1 atom stereocenters. The van der Waals surface area contributed by atoms with Crippen LogP contribution in [0.5, 0.6) is 0 Å². The smallest absolute Gasteiger partial charge is 0.0926 e. The van der Waals surface area contributed by atoms with Crippen LogP contribution in [-0.2, 0) is 6.42 Å². The van der Waals surface area contributed by atoms with Crippen molar-refractivity contribution >= 4 is 11.5 Å². The van der Waals surface area contributed by atoms with Crippen LogP contribution in [-0.4, -0.2) is 14.7 Å². The van der Waals surface area contributed by atoms with E-state index in [1.165, 1.54) is 11.5 Å². The molecule has 1 N–H and O–H groups in total. The van der Waals surface area contributed by atoms with Crippen molar-refractivity contribution in [3.63, 3.8) is 0 Å². The van der Waals surface area contributed by atoms with Crippen LogP contribution in [0.3, 0.4) is 0 Å². The van der Waals surface area contributed by atoms with E-state index in [1.54, 1.807) is 0 Å². The van der Waals surface area contributed by atoms with E-state index >= 15 is 0 Å². The van der Waals surface area contributed by atoms with Crippen molar-refractivity contribution in [2.24, 2.45) is 0 Å². The fraction of sp³-hybridized carbons (Fsp3) is 0.636. The van der Waals surface area contributed by atoms with Gasteiger partial charge in [-0.15, -0.1) is 16.9 Å². The summed E-state index contributed by atoms with van der Waals surface area (Å²) < 4.78 is 3.89. The monoisotopic (exact) mass is 224 g/mol. The molecule has 1 rings (SSSR count). The fourth-order valence-corrected chi connectivity index (χ4v) is 2.06. The Bertz CT molecular complexity index is 351. The van der Waals surface area contributed by atoms with Gasteiger partial charge >= 0.3 is 0 Å². The summed E-state index contributed by atoms with van der Waals surface area (Å²) in [4.78, 5) is 0.912. The van der Waals surface area contributed by atoms with Gasteiger partial charge in [-0.2, -0.15) is 0 Å². The summed E-state index contributed by atoms with van der Waals surface area (Å²) in [6.07, 6.45) is 2.86. The van der Waals surface area contributed by atoms with E-state index in [4.69, 9.17) is 0 Å². The number of rotatable bonds is 5. The molecule has 0 spiro atoms. The molecule has 0 radical (unpaired) electrons. The summed E-state index contributed by atoms with van der Waals surface area (Å²) in [5.41, 5.74) is 0.944. The second kappa shape index (κ2) is 6.54. The van der Waals surface area contributed by atoms with Gasteiger partial charge in [0, 0.05) is 6.42 Å². The number of aromatic nitrogens is 2. The van der Waals surface area contributed by atoms with Gasteiger partial charge in [0.2, 0.25) is 0 Å². The minimum Gasteiger partial charge on any atom is -0.387 e. The number of aliphatic hydroxyl groups excluding tert-OH is 1. The molecule has 4 heteroatoms. The lowest BCUT2D eigenvalue weighted by molar-refractivity contribution is 0.172. The van der Waals surface area contributed by atoms with E-state index in [-0.39, 0.29) is 0 Å². The predicted molar refractivity (Wildman–Crippen MR) is 61.5 cm³/mol. The fourth-order valence-electron chi connectivity index (χ4n) is 1.34. The maximum atomic E-state index is 9.91. The zero-order valence-electron chi connectivity index (χ0n) is 9.16. The van der Waals surface area contributed by atoms with Gasteiger partial charge in [-0.1, -0.05) is 17.8 Å². The summed E-state index contributed by atoms with van der Waals surface area (Å²) in [5.74, 6) is 5.77. The van der Waals surface area contributed by atoms with Crippen LogP contribution < -0.4 is 0 Å². The van der Waals surface area contributed by atoms with Gasteiger partial charge in [0.25, 0.3) is 0 Å². The Balaban J connectivity index is 2.58. The zero-order chi connectivity index (χ0) is 11.1. The van der Waals surface area contributed by atoms with E-state index < -0.39 is 6.10 Å². The van der Waals surface area contributed by atoms with Crippen molar-refractivity contribution < 1.29 is 5.11 Å². The quantitative estimate of drug-likeness (QED) is 0.781. The summed E-state index contributed by atoms with van der Waals surface area (Å²) in [6.45, 7) is 3.90. The Morgan fingerprint density at radius 2 is 2.33 bits per heavy atom. The predicted octanol–water partition coefficient (Wildman–Crippen LogP) is 2.33. The summed E-state index contributed by atoms with van der Waals surface area (Å²) in [6, 6.07) is 0. The van der Waals surface area contributed by atoms with Gasteiger partial charge in [0.1, 0.15) is 0 Å². The van der Waals surface area contributed by atoms with Crippen molar-refractivity contribution in [3.05, 3.63) is 10.6 Å². The van der Waals surface area contributed by atoms with Crippen LogP contribution >= 0.6 is 11.5 Å². The minimum absolute atomic E-state index is 0.451. The average Bonchev–Trinajstić information content (AvgIpc) is 2.67. The number of aliphatic hydroxyl groups is 1. The summed E-state index contributed by atoms with van der Waals surface area (Å²) in [5, 5.41) is 13.9. The zero-order valence-corrected chi connectivity index (χ0v) is 9.97. The molecule has 0 fully saturated rings. The molecule has 82 valence electrons. The first-order valence-corrected chi connectivity index (χ1v) is 5.95. The average molecular weight is 224 g/mol. The number of hydrogen-bond donors (Lipinski definition) is 1. The first-order valence-electron chi connectivity index (χ1n) is 5.18. The van der Waals surface area contributed by atoms with Gasteiger partial charge in [0.05, 0.1) is 16.7 Å². The van der Waals surface area contributed by atoms with E-state index in [9.17, 15) is 5.11 Å². The molecule has 3 nitrogen and oxygen atoms in total. The van der Waals surface area contributed by atoms with Crippen molar-refractivity contribution in [3.8, 4) is 11.8 Å². The third-order valence-electron chi connectivity index (χ3n) is 2.09. The van der Waals surface area contributed by atoms with E-state index in [1.807, 2.05) is 6.92 Å². The first-order chi connectivity index (χ1) is 7.29. The molecule has 1 aromatic rings. The summed E-state index contributed by atoms with van der Waals surface area (Å²) >= 11 is 1.30. The molecule has 0 aromatic carbocycles. The van der Waals surface area contributed by atoms with Gasteiger partial charge in [-0.05, 0) is 31.3 Å². The minimum atomic E-state index is -0.451. The van der Waals surface area contributed by atoms with Gasteiger partial charge in [-0.3, -0.25) is 0 Å². The van der Waals surface area contributed by atoms with Crippen molar-refractivity contribution in [1.82, 2.24) is 9.59 Å². The van der Waals surface area contributed by atoms with Crippen LogP contribution in [0.25, 0.3) is 0 Å². The highest BCUT2D eigenvalue weighted by Gasteiger charge is 2.15. The lowest BCUT2D eigenvalue weighted by Crippen LogP contribution is -1.99. The van der Waals surface area contributed by atoms with Gasteiger partial charge in [0.15, 0.2) is 0 Å². The Morgan fingerprint density at radius 1 is 1.53 bits per heavy atom. The SMILES string of the molecule is CC#CCCC(O)c1snnc1CCC. The topological polar surface area (TPSA) is 46.0 Å². The molecule has 0 amide bonds. The molecular weight excluding hydrogens is 208 g/mol. The highest BCUT2D eigenvalue weighted by molar-refractivity contribution is 7.05. The van der Waals surface area contributed by atoms with Crippen LogP contribution in [0, 0.1) is 11.8 Å². The standard InChI is InChI=1S/C11H16N2OS/c1-3-5-6-8-10(14)11-9(7-4-2)12-13-15-11/h10,14H,4,6-8H2,1-2H3. The maximum Gasteiger partial charge on any atom is 0.0926 e. The molecule has 0 aliphatic rings. The van der Waals surface area contributed by atoms with Crippen LogP contribution in [0.1, 0.15) is 49.8 Å². The lowest BCUT2D eigenvalue weighted by atomic mass is 10.1. The van der Waals surface area contributed by atoms with Crippen molar-refractivity contribution in [1.29, 1.82) is 0 Å². The second-order valence-corrected chi connectivity index (χ2v) is 4.10. The van der Waals surface area contributed by atoms with E-state index in [0.717, 1.165) is 29.8 Å². The number of aryl methyl sites for hydroxylation is 1. The third kappa shape index (κ3) is 3.61. The number of nitrogens with zero attached hydrogens (tertiary/aromatic N) is 2. The van der Waals surface area contributed by atoms with Crippen LogP contribution in [0.2, 0.25) is 0 Å². The Kier molecular flexibility index (Phi) is 5.30. The Hall–Kier alpha value is -0.920. The highest BCUT2D eigenvalue weighted by atomic mass is 32.1. The van der Waals surface area contributed by atoms with Gasteiger partial charge < -0.3 is 5.11 Å². The first kappa shape index (κ1) is 12.2. The van der Waals surface area contributed by atoms with Crippen LogP contribution in [0.4, 0.5) is 0 Å². The molecule has 0 bridgehead atoms. The highest BCUT2D eigenvalue weighted by Crippen LogP contribution is 2.24. The number of hydrogen-bond acceptors (Lipinski definition) is 4. The molecular formula is C11H16N2OS. The van der Waals surface area contributed by atoms with Crippen LogP contribution in [0.15, 0.2) is 0 Å². The molecule has 0 saturated carbocycles. The molecule has 1 unspecified atom stereocenters. The third-order valence-corrected chi connectivity index (χ3v) is 2.96. The molecule has 1 aromatic heterocycles. The van der Waals surface area contributed by atoms with E-state index in [2.05, 4.69) is 28.4 Å². The molecule has 0 aliphatic carbocycles. The normalized spacial score (nSPS) is 11.9. The second-order valence-electron chi connectivity index (χ2n) is 3.32. The van der Waals surface area contributed by atoms with Crippen molar-refractivity contribution in [2.75, 3.05) is 0 Å². The van der Waals surface area contributed by atoms with Gasteiger partial charge in [-0.25, -0.2) is 0 Å². The molecule has 15 heavy (non-hydrogen) atoms. The largest absolute Gasteiger partial charge is 0.387 e. The summed E-state index contributed by atoms with van der Waals surface area (Å²) in [7, 11) is 0. The maximum absolute atomic E-state index is 9.91. The van der Waals surface area contributed by atoms with E-state index in [0.29, 0.717) is 6.42 Å². The molecule has 0 saturated heterocycles. The molecule has 0 aliphatic heterocycles. The Morgan fingerprint density at radius 3 is 3.00 bits per heavy atom. The Labute approximate surface area is 94.7 Å². The molecule has 1 heterocycles. The van der Waals surface area contributed by atoms with Crippen molar-refractivity contribution in [2.45, 2.75) is 45.6 Å². The lowest BCUT2D eigenvalue weighted by Gasteiger charge is -2.06.